The minimum atomic E-state index is 0.0508. The summed E-state index contributed by atoms with van der Waals surface area (Å²) in [5, 5.41) is 6.37. The van der Waals surface area contributed by atoms with E-state index in [4.69, 9.17) is 0 Å². The van der Waals surface area contributed by atoms with E-state index >= 15 is 0 Å². The van der Waals surface area contributed by atoms with Crippen molar-refractivity contribution < 1.29 is 4.79 Å². The molecule has 20 heavy (non-hydrogen) atoms. The van der Waals surface area contributed by atoms with E-state index in [-0.39, 0.29) is 6.03 Å². The summed E-state index contributed by atoms with van der Waals surface area (Å²) < 4.78 is 0. The lowest BCUT2D eigenvalue weighted by atomic mass is 9.98. The Balaban J connectivity index is 1.79. The Morgan fingerprint density at radius 3 is 2.65 bits per heavy atom. The molecule has 2 N–H and O–H groups in total. The van der Waals surface area contributed by atoms with E-state index in [1.165, 1.54) is 12.8 Å². The summed E-state index contributed by atoms with van der Waals surface area (Å²) in [5.41, 5.74) is 1.14. The van der Waals surface area contributed by atoms with Gasteiger partial charge in [0.2, 0.25) is 0 Å². The monoisotopic (exact) mass is 275 g/mol. The number of urea groups is 1. The van der Waals surface area contributed by atoms with Gasteiger partial charge in [0, 0.05) is 19.6 Å². The highest BCUT2D eigenvalue weighted by atomic mass is 16.2. The molecule has 0 bridgehead atoms. The summed E-state index contributed by atoms with van der Waals surface area (Å²) >= 11 is 0. The second kappa shape index (κ2) is 7.90. The predicted octanol–water partition coefficient (Wildman–Crippen LogP) is 2.22. The molecule has 4 heteroatoms. The molecule has 1 aromatic carbocycles. The molecule has 1 aliphatic heterocycles. The SMILES string of the molecule is CCN(CC1CCNCC1)C(=O)NCc1ccccc1. The average molecular weight is 275 g/mol. The van der Waals surface area contributed by atoms with Crippen LogP contribution in [0.15, 0.2) is 30.3 Å². The molecule has 0 atom stereocenters. The summed E-state index contributed by atoms with van der Waals surface area (Å²) in [6.45, 7) is 6.44. The molecule has 1 fully saturated rings. The second-order valence-corrected chi connectivity index (χ2v) is 5.38. The normalized spacial score (nSPS) is 15.8. The summed E-state index contributed by atoms with van der Waals surface area (Å²) in [4.78, 5) is 14.1. The molecule has 0 aromatic heterocycles. The molecule has 1 aliphatic rings. The molecule has 1 aromatic rings. The molecule has 1 heterocycles. The smallest absolute Gasteiger partial charge is 0.317 e. The number of benzene rings is 1. The van der Waals surface area contributed by atoms with Gasteiger partial charge in [-0.15, -0.1) is 0 Å². The molecule has 2 amide bonds. The van der Waals surface area contributed by atoms with Crippen LogP contribution in [0, 0.1) is 5.92 Å². The van der Waals surface area contributed by atoms with E-state index in [1.54, 1.807) is 0 Å². The first-order valence-electron chi connectivity index (χ1n) is 7.57. The number of hydrogen-bond donors (Lipinski definition) is 2. The number of nitrogens with one attached hydrogen (secondary N) is 2. The molecule has 0 aliphatic carbocycles. The van der Waals surface area contributed by atoms with E-state index < -0.39 is 0 Å². The molecular formula is C16H25N3O. The number of amides is 2. The molecule has 2 rings (SSSR count). The van der Waals surface area contributed by atoms with Crippen LogP contribution in [0.25, 0.3) is 0 Å². The number of nitrogens with zero attached hydrogens (tertiary/aromatic N) is 1. The lowest BCUT2D eigenvalue weighted by Crippen LogP contribution is -2.44. The van der Waals surface area contributed by atoms with E-state index in [1.807, 2.05) is 42.2 Å². The molecule has 0 radical (unpaired) electrons. The standard InChI is InChI=1S/C16H25N3O/c1-2-19(13-15-8-10-17-11-9-15)16(20)18-12-14-6-4-3-5-7-14/h3-7,15,17H,2,8-13H2,1H3,(H,18,20). The maximum atomic E-state index is 12.2. The zero-order valence-electron chi connectivity index (χ0n) is 12.3. The minimum absolute atomic E-state index is 0.0508. The fourth-order valence-corrected chi connectivity index (χ4v) is 2.62. The van der Waals surface area contributed by atoms with Gasteiger partial charge in [-0.2, -0.15) is 0 Å². The van der Waals surface area contributed by atoms with Gasteiger partial charge in [-0.1, -0.05) is 30.3 Å². The first kappa shape index (κ1) is 14.9. The molecule has 0 spiro atoms. The second-order valence-electron chi connectivity index (χ2n) is 5.38. The van der Waals surface area contributed by atoms with Gasteiger partial charge in [0.1, 0.15) is 0 Å². The maximum absolute atomic E-state index is 12.2. The summed E-state index contributed by atoms with van der Waals surface area (Å²) in [6, 6.07) is 10.1. The molecule has 0 saturated carbocycles. The van der Waals surface area contributed by atoms with Gasteiger partial charge in [-0.25, -0.2) is 4.79 Å². The average Bonchev–Trinajstić information content (AvgIpc) is 2.52. The first-order valence-corrected chi connectivity index (χ1v) is 7.57. The quantitative estimate of drug-likeness (QED) is 0.865. The van der Waals surface area contributed by atoms with Crippen LogP contribution < -0.4 is 10.6 Å². The van der Waals surface area contributed by atoms with Crippen LogP contribution >= 0.6 is 0 Å². The third-order valence-corrected chi connectivity index (χ3v) is 3.89. The Labute approximate surface area is 121 Å². The van der Waals surface area contributed by atoms with Crippen LogP contribution in [0.5, 0.6) is 0 Å². The van der Waals surface area contributed by atoms with Gasteiger partial charge >= 0.3 is 6.03 Å². The van der Waals surface area contributed by atoms with Gasteiger partial charge in [-0.05, 0) is 44.3 Å². The van der Waals surface area contributed by atoms with Crippen LogP contribution in [0.4, 0.5) is 4.79 Å². The number of hydrogen-bond acceptors (Lipinski definition) is 2. The van der Waals surface area contributed by atoms with Crippen molar-refractivity contribution in [1.29, 1.82) is 0 Å². The number of carbonyl (C=O) groups is 1. The van der Waals surface area contributed by atoms with Crippen LogP contribution in [0.1, 0.15) is 25.3 Å². The lowest BCUT2D eigenvalue weighted by molar-refractivity contribution is 0.183. The Bertz CT molecular complexity index is 401. The van der Waals surface area contributed by atoms with Crippen molar-refractivity contribution in [1.82, 2.24) is 15.5 Å². The Morgan fingerprint density at radius 1 is 1.30 bits per heavy atom. The fraction of sp³-hybridized carbons (Fsp3) is 0.562. The van der Waals surface area contributed by atoms with Crippen LogP contribution in [-0.4, -0.2) is 37.1 Å². The largest absolute Gasteiger partial charge is 0.334 e. The number of rotatable bonds is 5. The molecular weight excluding hydrogens is 250 g/mol. The molecule has 0 unspecified atom stereocenters. The van der Waals surface area contributed by atoms with Crippen molar-refractivity contribution >= 4 is 6.03 Å². The van der Waals surface area contributed by atoms with Gasteiger partial charge in [0.15, 0.2) is 0 Å². The highest BCUT2D eigenvalue weighted by Gasteiger charge is 2.19. The lowest BCUT2D eigenvalue weighted by Gasteiger charge is -2.29. The molecule has 1 saturated heterocycles. The Hall–Kier alpha value is -1.55. The summed E-state index contributed by atoms with van der Waals surface area (Å²) in [6.07, 6.45) is 2.34. The van der Waals surface area contributed by atoms with Gasteiger partial charge in [0.25, 0.3) is 0 Å². The van der Waals surface area contributed by atoms with E-state index in [9.17, 15) is 4.79 Å². The maximum Gasteiger partial charge on any atom is 0.317 e. The number of piperidine rings is 1. The van der Waals surface area contributed by atoms with Crippen molar-refractivity contribution in [2.24, 2.45) is 5.92 Å². The van der Waals surface area contributed by atoms with Crippen LogP contribution in [0.2, 0.25) is 0 Å². The Kier molecular flexibility index (Phi) is 5.87. The van der Waals surface area contributed by atoms with Crippen molar-refractivity contribution in [2.45, 2.75) is 26.3 Å². The van der Waals surface area contributed by atoms with Gasteiger partial charge < -0.3 is 15.5 Å². The van der Waals surface area contributed by atoms with Crippen molar-refractivity contribution in [2.75, 3.05) is 26.2 Å². The van der Waals surface area contributed by atoms with Gasteiger partial charge in [-0.3, -0.25) is 0 Å². The predicted molar refractivity (Wildman–Crippen MR) is 81.5 cm³/mol. The van der Waals surface area contributed by atoms with Gasteiger partial charge in [0.05, 0.1) is 0 Å². The highest BCUT2D eigenvalue weighted by Crippen LogP contribution is 2.13. The molecule has 4 nitrogen and oxygen atoms in total. The first-order chi connectivity index (χ1) is 9.79. The van der Waals surface area contributed by atoms with Crippen molar-refractivity contribution in [3.8, 4) is 0 Å². The molecule has 110 valence electrons. The third kappa shape index (κ3) is 4.53. The Morgan fingerprint density at radius 2 is 2.00 bits per heavy atom. The minimum Gasteiger partial charge on any atom is -0.334 e. The summed E-state index contributed by atoms with van der Waals surface area (Å²) in [7, 11) is 0. The van der Waals surface area contributed by atoms with Crippen LogP contribution in [-0.2, 0) is 6.54 Å². The van der Waals surface area contributed by atoms with E-state index in [0.717, 1.165) is 31.7 Å². The van der Waals surface area contributed by atoms with Crippen molar-refractivity contribution in [3.63, 3.8) is 0 Å². The van der Waals surface area contributed by atoms with Crippen molar-refractivity contribution in [3.05, 3.63) is 35.9 Å². The van der Waals surface area contributed by atoms with Crippen LogP contribution in [0.3, 0.4) is 0 Å². The number of carbonyl (C=O) groups excluding carboxylic acids is 1. The fourth-order valence-electron chi connectivity index (χ4n) is 2.62. The zero-order chi connectivity index (χ0) is 14.2. The van der Waals surface area contributed by atoms with E-state index in [2.05, 4.69) is 10.6 Å². The van der Waals surface area contributed by atoms with E-state index in [0.29, 0.717) is 12.5 Å². The topological polar surface area (TPSA) is 44.4 Å². The third-order valence-electron chi connectivity index (χ3n) is 3.89. The highest BCUT2D eigenvalue weighted by molar-refractivity contribution is 5.74. The summed E-state index contributed by atoms with van der Waals surface area (Å²) in [5.74, 6) is 0.638. The zero-order valence-corrected chi connectivity index (χ0v) is 12.3.